The Hall–Kier alpha value is -2.48. The predicted octanol–water partition coefficient (Wildman–Crippen LogP) is 0.158. The second kappa shape index (κ2) is 6.31. The van der Waals surface area contributed by atoms with Gasteiger partial charge >= 0.3 is 11.7 Å². The lowest BCUT2D eigenvalue weighted by molar-refractivity contribution is 0.0465. The summed E-state index contributed by atoms with van der Waals surface area (Å²) >= 11 is 0. The molecule has 2 N–H and O–H groups in total. The van der Waals surface area contributed by atoms with E-state index in [4.69, 9.17) is 4.74 Å². The molecule has 0 spiro atoms. The maximum absolute atomic E-state index is 12.0. The van der Waals surface area contributed by atoms with Gasteiger partial charge in [0.15, 0.2) is 5.56 Å². The highest BCUT2D eigenvalue weighted by molar-refractivity contribution is 7.84. The van der Waals surface area contributed by atoms with Gasteiger partial charge in [0.1, 0.15) is 11.6 Å². The van der Waals surface area contributed by atoms with Crippen LogP contribution < -0.4 is 11.2 Å². The highest BCUT2D eigenvalue weighted by atomic mass is 32.2. The Kier molecular flexibility index (Phi) is 4.49. The Morgan fingerprint density at radius 1 is 1.19 bits per heavy atom. The number of benzene rings is 1. The fourth-order valence-electron chi connectivity index (χ4n) is 1.66. The van der Waals surface area contributed by atoms with Crippen LogP contribution in [0.25, 0.3) is 0 Å². The van der Waals surface area contributed by atoms with Crippen molar-refractivity contribution in [2.24, 2.45) is 0 Å². The SMILES string of the molecule is CS(=O)c1[nH]c(=O)[nH]c(=O)c1C(=O)OCc1ccccc1. The molecular weight excluding hydrogens is 296 g/mol. The Balaban J connectivity index is 2.29. The van der Waals surface area contributed by atoms with Crippen LogP contribution in [0.1, 0.15) is 15.9 Å². The van der Waals surface area contributed by atoms with Crippen LogP contribution in [0.4, 0.5) is 0 Å². The number of H-pyrrole nitrogens is 2. The largest absolute Gasteiger partial charge is 0.457 e. The second-order valence-corrected chi connectivity index (χ2v) is 5.44. The molecule has 0 amide bonds. The lowest BCUT2D eigenvalue weighted by Crippen LogP contribution is -2.31. The van der Waals surface area contributed by atoms with Crippen LogP contribution in [0, 0.1) is 0 Å². The lowest BCUT2D eigenvalue weighted by Gasteiger charge is -2.06. The molecule has 110 valence electrons. The summed E-state index contributed by atoms with van der Waals surface area (Å²) in [6.07, 6.45) is 1.25. The average Bonchev–Trinajstić information content (AvgIpc) is 2.45. The number of rotatable bonds is 4. The first kappa shape index (κ1) is 14.9. The van der Waals surface area contributed by atoms with Crippen LogP contribution in [-0.4, -0.2) is 26.4 Å². The fraction of sp³-hybridized carbons (Fsp3) is 0.154. The number of aromatic nitrogens is 2. The molecular formula is C13H12N2O5S. The lowest BCUT2D eigenvalue weighted by atomic mass is 10.2. The minimum absolute atomic E-state index is 0.0337. The van der Waals surface area contributed by atoms with E-state index in [0.29, 0.717) is 0 Å². The zero-order valence-electron chi connectivity index (χ0n) is 11.0. The number of ether oxygens (including phenoxy) is 1. The van der Waals surface area contributed by atoms with Gasteiger partial charge in [-0.15, -0.1) is 0 Å². The monoisotopic (exact) mass is 308 g/mol. The number of aromatic amines is 2. The molecule has 2 rings (SSSR count). The summed E-state index contributed by atoms with van der Waals surface area (Å²) in [6.45, 7) is -0.0337. The Labute approximate surface area is 121 Å². The van der Waals surface area contributed by atoms with Gasteiger partial charge in [0.25, 0.3) is 5.56 Å². The first-order valence-corrected chi connectivity index (χ1v) is 7.46. The van der Waals surface area contributed by atoms with E-state index in [1.165, 1.54) is 6.26 Å². The molecule has 0 radical (unpaired) electrons. The summed E-state index contributed by atoms with van der Waals surface area (Å²) in [5.74, 6) is -0.943. The van der Waals surface area contributed by atoms with Gasteiger partial charge in [-0.25, -0.2) is 9.59 Å². The first-order chi connectivity index (χ1) is 9.99. The third kappa shape index (κ3) is 3.54. The molecule has 1 atom stereocenters. The average molecular weight is 308 g/mol. The maximum Gasteiger partial charge on any atom is 0.346 e. The summed E-state index contributed by atoms with van der Waals surface area (Å²) in [5, 5.41) is -0.248. The zero-order chi connectivity index (χ0) is 15.4. The van der Waals surface area contributed by atoms with Crippen LogP contribution in [0.2, 0.25) is 0 Å². The molecule has 0 bridgehead atoms. The van der Waals surface area contributed by atoms with E-state index in [0.717, 1.165) is 5.56 Å². The summed E-state index contributed by atoms with van der Waals surface area (Å²) in [5.41, 5.74) is -1.47. The van der Waals surface area contributed by atoms with Gasteiger partial charge in [-0.05, 0) is 5.56 Å². The molecule has 1 heterocycles. The molecule has 0 saturated carbocycles. The standard InChI is InChI=1S/C13H12N2O5S/c1-21(19)11-9(10(16)14-13(18)15-11)12(17)20-7-8-5-3-2-4-6-8/h2-6H,7H2,1H3,(H2,14,15,16,18). The van der Waals surface area contributed by atoms with Crippen molar-refractivity contribution in [2.45, 2.75) is 11.6 Å². The van der Waals surface area contributed by atoms with E-state index in [-0.39, 0.29) is 11.6 Å². The molecule has 8 heteroatoms. The van der Waals surface area contributed by atoms with Crippen molar-refractivity contribution in [1.29, 1.82) is 0 Å². The van der Waals surface area contributed by atoms with Crippen molar-refractivity contribution in [2.75, 3.05) is 6.26 Å². The quantitative estimate of drug-likeness (QED) is 0.617. The number of nitrogens with one attached hydrogen (secondary N) is 2. The normalized spacial score (nSPS) is 11.9. The van der Waals surface area contributed by atoms with E-state index in [2.05, 4.69) is 4.98 Å². The molecule has 1 aromatic heterocycles. The van der Waals surface area contributed by atoms with Gasteiger partial charge in [0.05, 0.1) is 10.8 Å². The smallest absolute Gasteiger partial charge is 0.346 e. The Bertz CT molecular complexity index is 794. The summed E-state index contributed by atoms with van der Waals surface area (Å²) < 4.78 is 16.5. The van der Waals surface area contributed by atoms with Crippen molar-refractivity contribution in [3.8, 4) is 0 Å². The Morgan fingerprint density at radius 3 is 2.48 bits per heavy atom. The van der Waals surface area contributed by atoms with E-state index in [9.17, 15) is 18.6 Å². The van der Waals surface area contributed by atoms with E-state index in [1.54, 1.807) is 24.3 Å². The molecule has 0 aliphatic carbocycles. The van der Waals surface area contributed by atoms with Gasteiger partial charge in [-0.3, -0.25) is 19.0 Å². The minimum Gasteiger partial charge on any atom is -0.457 e. The van der Waals surface area contributed by atoms with Crippen LogP contribution in [-0.2, 0) is 22.1 Å². The van der Waals surface area contributed by atoms with Crippen LogP contribution >= 0.6 is 0 Å². The van der Waals surface area contributed by atoms with E-state index in [1.807, 2.05) is 11.1 Å². The zero-order valence-corrected chi connectivity index (χ0v) is 11.9. The van der Waals surface area contributed by atoms with Crippen molar-refractivity contribution >= 4 is 16.8 Å². The molecule has 0 fully saturated rings. The number of hydrogen-bond donors (Lipinski definition) is 2. The first-order valence-electron chi connectivity index (χ1n) is 5.90. The van der Waals surface area contributed by atoms with E-state index < -0.39 is 33.6 Å². The van der Waals surface area contributed by atoms with Gasteiger partial charge in [0, 0.05) is 6.26 Å². The van der Waals surface area contributed by atoms with Crippen molar-refractivity contribution in [1.82, 2.24) is 9.97 Å². The molecule has 7 nitrogen and oxygen atoms in total. The van der Waals surface area contributed by atoms with E-state index >= 15 is 0 Å². The van der Waals surface area contributed by atoms with Crippen LogP contribution in [0.5, 0.6) is 0 Å². The second-order valence-electron chi connectivity index (χ2n) is 4.13. The molecule has 1 aromatic carbocycles. The number of esters is 1. The third-order valence-corrected chi connectivity index (χ3v) is 3.49. The maximum atomic E-state index is 12.0. The number of hydrogen-bond acceptors (Lipinski definition) is 5. The van der Waals surface area contributed by atoms with Crippen molar-refractivity contribution in [3.05, 3.63) is 62.3 Å². The topological polar surface area (TPSA) is 109 Å². The van der Waals surface area contributed by atoms with Crippen molar-refractivity contribution in [3.63, 3.8) is 0 Å². The summed E-state index contributed by atoms with van der Waals surface area (Å²) in [6, 6.07) is 8.88. The molecule has 2 aromatic rings. The molecule has 0 saturated heterocycles. The molecule has 21 heavy (non-hydrogen) atoms. The number of carbonyl (C=O) groups is 1. The van der Waals surface area contributed by atoms with Gasteiger partial charge in [0.2, 0.25) is 0 Å². The highest BCUT2D eigenvalue weighted by Gasteiger charge is 2.21. The van der Waals surface area contributed by atoms with Gasteiger partial charge in [-0.2, -0.15) is 0 Å². The highest BCUT2D eigenvalue weighted by Crippen LogP contribution is 2.07. The number of carbonyl (C=O) groups excluding carboxylic acids is 1. The van der Waals surface area contributed by atoms with Crippen LogP contribution in [0.15, 0.2) is 44.9 Å². The minimum atomic E-state index is -1.71. The van der Waals surface area contributed by atoms with Crippen molar-refractivity contribution < 1.29 is 13.7 Å². The fourth-order valence-corrected chi connectivity index (χ4v) is 2.36. The van der Waals surface area contributed by atoms with Crippen LogP contribution in [0.3, 0.4) is 0 Å². The van der Waals surface area contributed by atoms with Gasteiger partial charge < -0.3 is 4.74 Å². The predicted molar refractivity (Wildman–Crippen MR) is 75.6 cm³/mol. The molecule has 1 unspecified atom stereocenters. The molecule has 0 aliphatic heterocycles. The third-order valence-electron chi connectivity index (χ3n) is 2.61. The summed E-state index contributed by atoms with van der Waals surface area (Å²) in [7, 11) is -1.71. The molecule has 0 aliphatic rings. The summed E-state index contributed by atoms with van der Waals surface area (Å²) in [4.78, 5) is 39.0. The Morgan fingerprint density at radius 2 is 1.86 bits per heavy atom. The van der Waals surface area contributed by atoms with Gasteiger partial charge in [-0.1, -0.05) is 30.3 Å².